The molecule has 1 aliphatic carbocycles. The van der Waals surface area contributed by atoms with Gasteiger partial charge in [-0.25, -0.2) is 14.0 Å². The summed E-state index contributed by atoms with van der Waals surface area (Å²) in [5, 5.41) is 0. The average molecular weight is 762 g/mol. The molecular formula is C37H33F10NO5. The normalized spacial score (nSPS) is 19.4. The number of amides is 1. The zero-order valence-electron chi connectivity index (χ0n) is 28.9. The summed E-state index contributed by atoms with van der Waals surface area (Å²) in [4.78, 5) is 26.4. The molecule has 0 spiro atoms. The van der Waals surface area contributed by atoms with Crippen molar-refractivity contribution in [1.29, 1.82) is 0 Å². The number of alkyl halides is 9. The lowest BCUT2D eigenvalue weighted by atomic mass is 9.72. The Morgan fingerprint density at radius 3 is 2.02 bits per heavy atom. The van der Waals surface area contributed by atoms with Crippen molar-refractivity contribution in [2.45, 2.75) is 70.7 Å². The van der Waals surface area contributed by atoms with E-state index in [4.69, 9.17) is 9.47 Å². The second kappa shape index (κ2) is 13.9. The lowest BCUT2D eigenvalue weighted by Crippen LogP contribution is -2.35. The van der Waals surface area contributed by atoms with Crippen LogP contribution in [0, 0.1) is 11.2 Å². The van der Waals surface area contributed by atoms with Crippen molar-refractivity contribution in [3.05, 3.63) is 93.3 Å². The highest BCUT2D eigenvalue weighted by Crippen LogP contribution is 2.49. The molecule has 1 heterocycles. The molecule has 0 radical (unpaired) electrons. The average Bonchev–Trinajstić information content (AvgIpc) is 3.34. The van der Waals surface area contributed by atoms with Crippen LogP contribution in [0.5, 0.6) is 5.75 Å². The van der Waals surface area contributed by atoms with Crippen molar-refractivity contribution in [2.24, 2.45) is 5.41 Å². The Balaban J connectivity index is 1.63. The van der Waals surface area contributed by atoms with Crippen LogP contribution in [-0.2, 0) is 28.0 Å². The number of benzene rings is 3. The van der Waals surface area contributed by atoms with Crippen LogP contribution in [0.1, 0.15) is 84.3 Å². The molecule has 1 fully saturated rings. The van der Waals surface area contributed by atoms with Crippen LogP contribution >= 0.6 is 0 Å². The Kier molecular flexibility index (Phi) is 10.3. The van der Waals surface area contributed by atoms with Gasteiger partial charge in [-0.3, -0.25) is 4.90 Å². The van der Waals surface area contributed by atoms with Crippen LogP contribution in [0.2, 0.25) is 0 Å². The van der Waals surface area contributed by atoms with E-state index in [1.165, 1.54) is 6.92 Å². The molecular weight excluding hydrogens is 728 g/mol. The second-order valence-electron chi connectivity index (χ2n) is 13.7. The molecule has 0 saturated carbocycles. The molecule has 2 unspecified atom stereocenters. The lowest BCUT2D eigenvalue weighted by molar-refractivity contribution is -0.143. The van der Waals surface area contributed by atoms with Crippen LogP contribution in [0.4, 0.5) is 48.7 Å². The number of carbonyl (C=O) groups is 2. The maximum absolute atomic E-state index is 15.4. The molecule has 0 bridgehead atoms. The third-order valence-corrected chi connectivity index (χ3v) is 9.51. The number of cyclic esters (lactones) is 1. The smallest absolute Gasteiger partial charge is 0.417 e. The van der Waals surface area contributed by atoms with Gasteiger partial charge in [0.15, 0.2) is 0 Å². The SMILES string of the molecule is COC(=O)c1ccc(-c2cc(C3=C(CN4C(=O)OC(c5cc(C(F)(F)F)cc(C(F)(F)F)c5)C4C)CC(C)(C)CC3)c(OC)cc2C(F)(F)F)c(F)c1. The van der Waals surface area contributed by atoms with Crippen molar-refractivity contribution in [3.8, 4) is 16.9 Å². The van der Waals surface area contributed by atoms with Crippen molar-refractivity contribution in [2.75, 3.05) is 20.8 Å². The quantitative estimate of drug-likeness (QED) is 0.177. The summed E-state index contributed by atoms with van der Waals surface area (Å²) in [6.45, 7) is 4.97. The number of allylic oxidation sites excluding steroid dienone is 1. The fraction of sp³-hybridized carbons (Fsp3) is 0.405. The van der Waals surface area contributed by atoms with E-state index < -0.39 is 87.4 Å². The topological polar surface area (TPSA) is 65.1 Å². The van der Waals surface area contributed by atoms with Gasteiger partial charge in [0.05, 0.1) is 42.5 Å². The standard InChI is InChI=1S/C37H33F10NO5/c1-18-31(20-10-22(35(39,40)41)13-23(11-20)36(42,43)44)53-33(50)48(18)17-21-16-34(2,3)9-8-24(21)27-14-26(28(37(45,46)47)15-30(27)51-4)25-7-6-19(12-29(25)38)32(49)52-5/h6-7,10-15,18,31H,8-9,16-17H2,1-5H3. The summed E-state index contributed by atoms with van der Waals surface area (Å²) in [6, 6.07) is 4.58. The van der Waals surface area contributed by atoms with Gasteiger partial charge in [-0.15, -0.1) is 0 Å². The van der Waals surface area contributed by atoms with Gasteiger partial charge >= 0.3 is 30.6 Å². The molecule has 5 rings (SSSR count). The van der Waals surface area contributed by atoms with Gasteiger partial charge in [-0.1, -0.05) is 19.9 Å². The summed E-state index contributed by atoms with van der Waals surface area (Å²) >= 11 is 0. The minimum atomic E-state index is -5.14. The Morgan fingerprint density at radius 2 is 1.49 bits per heavy atom. The van der Waals surface area contributed by atoms with Gasteiger partial charge in [-0.2, -0.15) is 39.5 Å². The van der Waals surface area contributed by atoms with Crippen LogP contribution in [0.3, 0.4) is 0 Å². The van der Waals surface area contributed by atoms with Crippen LogP contribution in [-0.4, -0.2) is 43.8 Å². The van der Waals surface area contributed by atoms with E-state index in [1.807, 2.05) is 13.8 Å². The largest absolute Gasteiger partial charge is 0.496 e. The molecule has 3 aromatic carbocycles. The van der Waals surface area contributed by atoms with Gasteiger partial charge in [0.25, 0.3) is 0 Å². The van der Waals surface area contributed by atoms with Crippen molar-refractivity contribution < 1.29 is 67.7 Å². The molecule has 1 aliphatic heterocycles. The fourth-order valence-electron chi connectivity index (χ4n) is 6.82. The Morgan fingerprint density at radius 1 is 0.868 bits per heavy atom. The fourth-order valence-corrected chi connectivity index (χ4v) is 6.82. The van der Waals surface area contributed by atoms with E-state index in [9.17, 15) is 49.1 Å². The summed E-state index contributed by atoms with van der Waals surface area (Å²) in [6.07, 6.45) is -16.8. The molecule has 53 heavy (non-hydrogen) atoms. The lowest BCUT2D eigenvalue weighted by Gasteiger charge is -2.36. The van der Waals surface area contributed by atoms with Gasteiger partial charge in [0.2, 0.25) is 0 Å². The highest BCUT2D eigenvalue weighted by molar-refractivity contribution is 5.90. The Bertz CT molecular complexity index is 1930. The van der Waals surface area contributed by atoms with Gasteiger partial charge in [-0.05, 0) is 96.3 Å². The first kappa shape index (κ1) is 39.4. The van der Waals surface area contributed by atoms with E-state index in [2.05, 4.69) is 4.74 Å². The zero-order chi connectivity index (χ0) is 39.4. The molecule has 6 nitrogen and oxygen atoms in total. The van der Waals surface area contributed by atoms with E-state index in [-0.39, 0.29) is 42.3 Å². The number of carbonyl (C=O) groups excluding carboxylic acids is 2. The number of hydrogen-bond donors (Lipinski definition) is 0. The molecule has 3 aromatic rings. The number of esters is 1. The highest BCUT2D eigenvalue weighted by Gasteiger charge is 2.45. The van der Waals surface area contributed by atoms with Gasteiger partial charge < -0.3 is 14.2 Å². The number of ether oxygens (including phenoxy) is 3. The van der Waals surface area contributed by atoms with Crippen LogP contribution in [0.25, 0.3) is 16.7 Å². The second-order valence-corrected chi connectivity index (χ2v) is 13.7. The molecule has 2 atom stereocenters. The van der Waals surface area contributed by atoms with E-state index in [0.29, 0.717) is 29.7 Å². The van der Waals surface area contributed by atoms with Crippen molar-refractivity contribution in [3.63, 3.8) is 0 Å². The predicted octanol–water partition coefficient (Wildman–Crippen LogP) is 10.9. The minimum Gasteiger partial charge on any atom is -0.496 e. The highest BCUT2D eigenvalue weighted by atomic mass is 19.4. The molecule has 0 aromatic heterocycles. The number of methoxy groups -OCH3 is 2. The third kappa shape index (κ3) is 8.10. The third-order valence-electron chi connectivity index (χ3n) is 9.51. The molecule has 1 saturated heterocycles. The summed E-state index contributed by atoms with van der Waals surface area (Å²) in [5.74, 6) is -2.28. The van der Waals surface area contributed by atoms with E-state index in [1.54, 1.807) is 0 Å². The molecule has 16 heteroatoms. The predicted molar refractivity (Wildman–Crippen MR) is 171 cm³/mol. The number of hydrogen-bond acceptors (Lipinski definition) is 5. The van der Waals surface area contributed by atoms with Crippen molar-refractivity contribution >= 4 is 17.6 Å². The summed E-state index contributed by atoms with van der Waals surface area (Å²) in [5.41, 5.74) is -5.52. The summed E-state index contributed by atoms with van der Waals surface area (Å²) < 4.78 is 156. The van der Waals surface area contributed by atoms with Gasteiger partial charge in [0, 0.05) is 17.7 Å². The van der Waals surface area contributed by atoms with Crippen molar-refractivity contribution in [1.82, 2.24) is 4.90 Å². The minimum absolute atomic E-state index is 0.0328. The van der Waals surface area contributed by atoms with E-state index >= 15 is 4.39 Å². The first-order valence-corrected chi connectivity index (χ1v) is 16.1. The Hall–Kier alpha value is -4.76. The van der Waals surface area contributed by atoms with Crippen LogP contribution in [0.15, 0.2) is 54.1 Å². The number of rotatable bonds is 7. The van der Waals surface area contributed by atoms with E-state index in [0.717, 1.165) is 49.5 Å². The summed E-state index contributed by atoms with van der Waals surface area (Å²) in [7, 11) is 2.20. The van der Waals surface area contributed by atoms with Crippen LogP contribution < -0.4 is 4.74 Å². The maximum Gasteiger partial charge on any atom is 0.417 e. The molecule has 1 amide bonds. The molecule has 2 aliphatic rings. The number of halogens is 10. The first-order chi connectivity index (χ1) is 24.4. The molecule has 0 N–H and O–H groups in total. The monoisotopic (exact) mass is 761 g/mol. The zero-order valence-corrected chi connectivity index (χ0v) is 28.9. The Labute approximate surface area is 297 Å². The maximum atomic E-state index is 15.4. The van der Waals surface area contributed by atoms with Gasteiger partial charge in [0.1, 0.15) is 17.7 Å². The number of nitrogens with zero attached hydrogens (tertiary/aromatic N) is 1. The molecule has 286 valence electrons. The first-order valence-electron chi connectivity index (χ1n) is 16.1.